The molecule has 3 atom stereocenters. The van der Waals surface area contributed by atoms with Crippen LogP contribution in [0.25, 0.3) is 0 Å². The second-order valence-electron chi connectivity index (χ2n) is 27.7. The highest BCUT2D eigenvalue weighted by Gasteiger charge is 2.28. The van der Waals surface area contributed by atoms with Gasteiger partial charge in [-0.15, -0.1) is 0 Å². The first-order valence-corrected chi connectivity index (χ1v) is 40.6. The van der Waals surface area contributed by atoms with E-state index in [1.807, 2.05) is 21.1 Å². The van der Waals surface area contributed by atoms with Crippen LogP contribution in [-0.2, 0) is 18.4 Å². The molecule has 0 heterocycles. The van der Waals surface area contributed by atoms with Crippen molar-refractivity contribution in [1.29, 1.82) is 0 Å². The van der Waals surface area contributed by atoms with Crippen molar-refractivity contribution >= 4 is 13.7 Å². The zero-order valence-corrected chi connectivity index (χ0v) is 61.7. The minimum atomic E-state index is -4.34. The smallest absolute Gasteiger partial charge is 0.391 e. The van der Waals surface area contributed by atoms with E-state index in [-0.39, 0.29) is 19.1 Å². The molecule has 0 aliphatic rings. The Bertz CT molecular complexity index is 1810. The van der Waals surface area contributed by atoms with Crippen LogP contribution in [0.5, 0.6) is 0 Å². The summed E-state index contributed by atoms with van der Waals surface area (Å²) in [5.41, 5.74) is 0. The number of phosphoric ester groups is 1. The van der Waals surface area contributed by atoms with Crippen molar-refractivity contribution in [1.82, 2.24) is 5.32 Å². The summed E-state index contributed by atoms with van der Waals surface area (Å²) in [6.07, 6.45) is 104. The molecule has 0 fully saturated rings. The molecule has 0 saturated carbocycles. The molecule has 8 nitrogen and oxygen atoms in total. The van der Waals surface area contributed by atoms with Gasteiger partial charge in [0.1, 0.15) is 13.2 Å². The lowest BCUT2D eigenvalue weighted by Gasteiger charge is -2.26. The molecular formula is C82H152N2O6P+. The van der Waals surface area contributed by atoms with Crippen LogP contribution in [-0.4, -0.2) is 73.4 Å². The zero-order valence-electron chi connectivity index (χ0n) is 60.8. The van der Waals surface area contributed by atoms with Crippen LogP contribution >= 0.6 is 7.82 Å². The molecule has 9 heteroatoms. The molecule has 0 aromatic rings. The van der Waals surface area contributed by atoms with Crippen molar-refractivity contribution in [3.63, 3.8) is 0 Å². The standard InChI is InChI=1S/C82H151N2O6P/c1-6-8-10-12-14-16-18-20-22-24-26-28-30-32-34-36-37-38-39-40-41-42-43-44-45-46-47-48-50-52-54-56-58-60-62-64-66-68-70-72-74-76-82(86)83-80(79-90-91(87,88)89-78-77-84(3,4)5)81(85)75-73-71-69-67-65-63-61-59-57-55-53-51-49-35-33-31-29-27-25-23-21-19-17-15-13-11-9-7-2/h8,10,14,16,20,22,26,28,32,34,37-38,40-41,43-44,80-81,85H,6-7,9,11-13,15,17-19,21,23-25,27,29-31,33,35-36,39,42,45-79H2,1-5H3,(H-,83,86,87,88)/p+1/b10-8-,16-14-,22-20-,28-26-,34-32-,38-37-,41-40-,44-43-. The van der Waals surface area contributed by atoms with Gasteiger partial charge >= 0.3 is 7.82 Å². The first-order valence-electron chi connectivity index (χ1n) is 39.1. The predicted octanol–water partition coefficient (Wildman–Crippen LogP) is 25.6. The number of nitrogens with one attached hydrogen (secondary N) is 1. The molecule has 0 aromatic heterocycles. The van der Waals surface area contributed by atoms with Crippen molar-refractivity contribution in [2.75, 3.05) is 40.9 Å². The summed E-state index contributed by atoms with van der Waals surface area (Å²) >= 11 is 0. The first kappa shape index (κ1) is 88.4. The zero-order chi connectivity index (χ0) is 66.2. The maximum Gasteiger partial charge on any atom is 0.472 e. The Morgan fingerprint density at radius 1 is 0.385 bits per heavy atom. The van der Waals surface area contributed by atoms with Gasteiger partial charge in [0.2, 0.25) is 5.91 Å². The number of aliphatic hydroxyl groups excluding tert-OH is 1. The van der Waals surface area contributed by atoms with Crippen molar-refractivity contribution in [2.24, 2.45) is 0 Å². The lowest BCUT2D eigenvalue weighted by atomic mass is 10.0. The number of amides is 1. The molecule has 0 aliphatic heterocycles. The second kappa shape index (κ2) is 71.7. The number of allylic oxidation sites excluding steroid dienone is 16. The Hall–Kier alpha value is -2.58. The third-order valence-electron chi connectivity index (χ3n) is 17.6. The quantitative estimate of drug-likeness (QED) is 0.0243. The lowest BCUT2D eigenvalue weighted by molar-refractivity contribution is -0.870. The summed E-state index contributed by atoms with van der Waals surface area (Å²) in [7, 11) is 1.62. The van der Waals surface area contributed by atoms with E-state index in [4.69, 9.17) is 9.05 Å². The summed E-state index contributed by atoms with van der Waals surface area (Å²) in [5, 5.41) is 14.2. The minimum Gasteiger partial charge on any atom is -0.391 e. The Balaban J connectivity index is 3.97. The van der Waals surface area contributed by atoms with E-state index >= 15 is 0 Å². The van der Waals surface area contributed by atoms with Gasteiger partial charge in [-0.3, -0.25) is 13.8 Å². The number of aliphatic hydroxyl groups is 1. The topological polar surface area (TPSA) is 105 Å². The molecule has 3 N–H and O–H groups in total. The third-order valence-corrected chi connectivity index (χ3v) is 18.6. The maximum atomic E-state index is 13.1. The number of nitrogens with zero attached hydrogens (tertiary/aromatic N) is 1. The molecule has 0 saturated heterocycles. The molecule has 91 heavy (non-hydrogen) atoms. The van der Waals surface area contributed by atoms with Gasteiger partial charge in [-0.1, -0.05) is 381 Å². The largest absolute Gasteiger partial charge is 0.472 e. The Morgan fingerprint density at radius 2 is 0.659 bits per heavy atom. The molecule has 1 amide bonds. The van der Waals surface area contributed by atoms with Gasteiger partial charge < -0.3 is 19.8 Å². The van der Waals surface area contributed by atoms with Crippen LogP contribution in [0.2, 0.25) is 0 Å². The van der Waals surface area contributed by atoms with Gasteiger partial charge in [0, 0.05) is 6.42 Å². The highest BCUT2D eigenvalue weighted by Crippen LogP contribution is 2.43. The van der Waals surface area contributed by atoms with E-state index in [2.05, 4.69) is 116 Å². The lowest BCUT2D eigenvalue weighted by Crippen LogP contribution is -2.46. The van der Waals surface area contributed by atoms with E-state index in [1.54, 1.807) is 0 Å². The normalized spacial score (nSPS) is 14.1. The van der Waals surface area contributed by atoms with Crippen LogP contribution in [0.3, 0.4) is 0 Å². The molecule has 0 aliphatic carbocycles. The fourth-order valence-electron chi connectivity index (χ4n) is 11.6. The monoisotopic (exact) mass is 1290 g/mol. The number of phosphoric acid groups is 1. The number of carbonyl (C=O) groups is 1. The van der Waals surface area contributed by atoms with Gasteiger partial charge in [-0.25, -0.2) is 4.57 Å². The number of carbonyl (C=O) groups excluding carboxylic acids is 1. The number of likely N-dealkylation sites (N-methyl/N-ethyl adjacent to an activating group) is 1. The SMILES string of the molecule is CC/C=C\C/C=C\C/C=C\C/C=C\C/C=C\C/C=C\C/C=C\C/C=C\CCCCCCCCCCCCCCCCCCC(=O)NC(COP(=O)(O)OCC[N+](C)(C)C)C(O)CCCCCCCCCCCCCCCCCCCCCCCCCCCCCC. The van der Waals surface area contributed by atoms with Crippen LogP contribution in [0.1, 0.15) is 367 Å². The fraction of sp³-hybridized carbons (Fsp3) is 0.793. The summed E-state index contributed by atoms with van der Waals surface area (Å²) in [6.45, 7) is 4.82. The maximum absolute atomic E-state index is 13.1. The minimum absolute atomic E-state index is 0.0735. The number of hydrogen-bond donors (Lipinski definition) is 3. The second-order valence-corrected chi connectivity index (χ2v) is 29.2. The average molecular weight is 1290 g/mol. The van der Waals surface area contributed by atoms with E-state index < -0.39 is 20.0 Å². The van der Waals surface area contributed by atoms with E-state index in [1.165, 1.54) is 250 Å². The van der Waals surface area contributed by atoms with Gasteiger partial charge in [0.15, 0.2) is 0 Å². The van der Waals surface area contributed by atoms with Crippen LogP contribution in [0.15, 0.2) is 97.2 Å². The van der Waals surface area contributed by atoms with Crippen LogP contribution in [0, 0.1) is 0 Å². The third kappa shape index (κ3) is 74.7. The number of unbranched alkanes of at least 4 members (excludes halogenated alkanes) is 43. The van der Waals surface area contributed by atoms with Crippen molar-refractivity contribution < 1.29 is 32.9 Å². The first-order chi connectivity index (χ1) is 44.5. The van der Waals surface area contributed by atoms with Crippen LogP contribution in [0.4, 0.5) is 0 Å². The molecule has 0 radical (unpaired) electrons. The Morgan fingerprint density at radius 3 is 0.967 bits per heavy atom. The summed E-state index contributed by atoms with van der Waals surface area (Å²) in [4.78, 5) is 23.5. The van der Waals surface area contributed by atoms with Gasteiger partial charge in [-0.2, -0.15) is 0 Å². The number of quaternary nitrogens is 1. The van der Waals surface area contributed by atoms with Crippen molar-refractivity contribution in [2.45, 2.75) is 379 Å². The summed E-state index contributed by atoms with van der Waals surface area (Å²) < 4.78 is 24.0. The highest BCUT2D eigenvalue weighted by atomic mass is 31.2. The molecular weight excluding hydrogens is 1140 g/mol. The summed E-state index contributed by atoms with van der Waals surface area (Å²) in [5.74, 6) is -0.141. The van der Waals surface area contributed by atoms with E-state index in [9.17, 15) is 19.4 Å². The van der Waals surface area contributed by atoms with E-state index in [0.717, 1.165) is 89.9 Å². The average Bonchev–Trinajstić information content (AvgIpc) is 3.59. The predicted molar refractivity (Wildman–Crippen MR) is 401 cm³/mol. The van der Waals surface area contributed by atoms with Gasteiger partial charge in [0.05, 0.1) is 39.9 Å². The van der Waals surface area contributed by atoms with Crippen molar-refractivity contribution in [3.8, 4) is 0 Å². The molecule has 0 bridgehead atoms. The van der Waals surface area contributed by atoms with Gasteiger partial charge in [0.25, 0.3) is 0 Å². The number of hydrogen-bond acceptors (Lipinski definition) is 5. The number of rotatable bonds is 72. The van der Waals surface area contributed by atoms with E-state index in [0.29, 0.717) is 23.9 Å². The fourth-order valence-corrected chi connectivity index (χ4v) is 12.3. The molecule has 0 spiro atoms. The molecule has 0 rings (SSSR count). The van der Waals surface area contributed by atoms with Gasteiger partial charge in [-0.05, 0) is 77.0 Å². The molecule has 0 aromatic carbocycles. The highest BCUT2D eigenvalue weighted by molar-refractivity contribution is 7.47. The molecule has 530 valence electrons. The van der Waals surface area contributed by atoms with Crippen LogP contribution < -0.4 is 5.32 Å². The molecule has 3 unspecified atom stereocenters. The van der Waals surface area contributed by atoms with Crippen molar-refractivity contribution in [3.05, 3.63) is 97.2 Å². The Labute approximate surface area is 566 Å². The Kier molecular flexibility index (Phi) is 69.7. The summed E-state index contributed by atoms with van der Waals surface area (Å²) in [6, 6.07) is -0.766.